The molecule has 0 saturated carbocycles. The number of methoxy groups -OCH3 is 1. The molecule has 6 nitrogen and oxygen atoms in total. The Morgan fingerprint density at radius 3 is 2.21 bits per heavy atom. The molecule has 1 aliphatic heterocycles. The monoisotopic (exact) mass is 509 g/mol. The van der Waals surface area contributed by atoms with Crippen molar-refractivity contribution in [2.24, 2.45) is 0 Å². The van der Waals surface area contributed by atoms with Crippen molar-refractivity contribution in [2.75, 3.05) is 7.11 Å². The number of rotatable bonds is 3. The largest absolute Gasteiger partial charge is 0.467 e. The predicted octanol–water partition coefficient (Wildman–Crippen LogP) is 6.36. The van der Waals surface area contributed by atoms with Crippen molar-refractivity contribution in [3.8, 4) is 11.1 Å². The van der Waals surface area contributed by atoms with Crippen LogP contribution in [-0.4, -0.2) is 34.8 Å². The van der Waals surface area contributed by atoms with Crippen LogP contribution < -0.4 is 0 Å². The van der Waals surface area contributed by atoms with Gasteiger partial charge in [-0.2, -0.15) is 0 Å². The standard InChI is InChI=1S/C32H31NO5/c1-31(2,3)38-30(35)33-20-22-13-6-7-15-23(22)25-17-9-10-18-26(25)28(33)32(36,29(34)37-4)27-19-11-14-21-12-5-8-16-24(21)27/h5-19,28,36H,20H2,1-4H3/t28?,32-/m1/s1. The quantitative estimate of drug-likeness (QED) is 0.325. The third-order valence-corrected chi connectivity index (χ3v) is 6.94. The Morgan fingerprint density at radius 1 is 0.842 bits per heavy atom. The van der Waals surface area contributed by atoms with Crippen molar-refractivity contribution in [2.45, 2.75) is 44.6 Å². The number of amides is 1. The van der Waals surface area contributed by atoms with Gasteiger partial charge in [0.15, 0.2) is 0 Å². The Bertz CT molecular complexity index is 1520. The van der Waals surface area contributed by atoms with Gasteiger partial charge in [0, 0.05) is 5.56 Å². The van der Waals surface area contributed by atoms with E-state index in [-0.39, 0.29) is 6.54 Å². The van der Waals surface area contributed by atoms with E-state index in [0.717, 1.165) is 22.1 Å². The summed E-state index contributed by atoms with van der Waals surface area (Å²) in [5.41, 5.74) is 0.524. The van der Waals surface area contributed by atoms with Gasteiger partial charge in [-0.15, -0.1) is 0 Å². The summed E-state index contributed by atoms with van der Waals surface area (Å²) in [6.07, 6.45) is -0.642. The van der Waals surface area contributed by atoms with Crippen LogP contribution in [0.5, 0.6) is 0 Å². The van der Waals surface area contributed by atoms with Crippen LogP contribution in [0.15, 0.2) is 91.0 Å². The fraction of sp³-hybridized carbons (Fsp3) is 0.250. The van der Waals surface area contributed by atoms with Gasteiger partial charge in [-0.05, 0) is 53.8 Å². The van der Waals surface area contributed by atoms with Crippen LogP contribution in [0, 0.1) is 0 Å². The highest BCUT2D eigenvalue weighted by molar-refractivity contribution is 5.94. The van der Waals surface area contributed by atoms with Crippen LogP contribution in [0.2, 0.25) is 0 Å². The molecule has 0 radical (unpaired) electrons. The maximum absolute atomic E-state index is 13.9. The van der Waals surface area contributed by atoms with E-state index in [0.29, 0.717) is 16.5 Å². The highest BCUT2D eigenvalue weighted by Gasteiger charge is 2.54. The van der Waals surface area contributed by atoms with E-state index in [1.54, 1.807) is 32.9 Å². The molecule has 1 aliphatic rings. The molecule has 4 aromatic rings. The summed E-state index contributed by atoms with van der Waals surface area (Å²) in [6.45, 7) is 5.49. The summed E-state index contributed by atoms with van der Waals surface area (Å²) in [7, 11) is 1.24. The lowest BCUT2D eigenvalue weighted by Crippen LogP contribution is -2.52. The third kappa shape index (κ3) is 4.31. The first-order chi connectivity index (χ1) is 18.1. The molecule has 0 bridgehead atoms. The lowest BCUT2D eigenvalue weighted by Gasteiger charge is -2.41. The number of ether oxygens (including phenoxy) is 2. The number of fused-ring (bicyclic) bond motifs is 4. The number of esters is 1. The molecule has 5 rings (SSSR count). The molecule has 0 fully saturated rings. The first-order valence-electron chi connectivity index (χ1n) is 12.6. The van der Waals surface area contributed by atoms with Gasteiger partial charge in [-0.3, -0.25) is 4.90 Å². The maximum Gasteiger partial charge on any atom is 0.411 e. The second-order valence-corrected chi connectivity index (χ2v) is 10.5. The summed E-state index contributed by atoms with van der Waals surface area (Å²) in [6, 6.07) is 27.1. The van der Waals surface area contributed by atoms with E-state index in [1.807, 2.05) is 78.9 Å². The Balaban J connectivity index is 1.85. The minimum atomic E-state index is -2.26. The molecule has 6 heteroatoms. The number of nitrogens with zero attached hydrogens (tertiary/aromatic N) is 1. The molecule has 194 valence electrons. The fourth-order valence-corrected chi connectivity index (χ4v) is 5.37. The lowest BCUT2D eigenvalue weighted by molar-refractivity contribution is -0.172. The summed E-state index contributed by atoms with van der Waals surface area (Å²) in [5.74, 6) is -0.867. The number of carbonyl (C=O) groups excluding carboxylic acids is 2. The van der Waals surface area contributed by atoms with Crippen molar-refractivity contribution in [3.63, 3.8) is 0 Å². The maximum atomic E-state index is 13.9. The Hall–Kier alpha value is -4.16. The molecule has 1 unspecified atom stereocenters. The molecule has 1 N–H and O–H groups in total. The summed E-state index contributed by atoms with van der Waals surface area (Å²) >= 11 is 0. The number of aliphatic hydroxyl groups is 1. The zero-order valence-electron chi connectivity index (χ0n) is 22.0. The number of carbonyl (C=O) groups is 2. The van der Waals surface area contributed by atoms with Crippen LogP contribution in [-0.2, 0) is 26.4 Å². The molecular weight excluding hydrogens is 478 g/mol. The minimum absolute atomic E-state index is 0.120. The Kier molecular flexibility index (Phi) is 6.45. The van der Waals surface area contributed by atoms with Crippen molar-refractivity contribution in [1.82, 2.24) is 4.90 Å². The van der Waals surface area contributed by atoms with E-state index in [2.05, 4.69) is 0 Å². The third-order valence-electron chi connectivity index (χ3n) is 6.94. The summed E-state index contributed by atoms with van der Waals surface area (Å²) in [4.78, 5) is 29.1. The molecule has 1 heterocycles. The molecule has 2 atom stereocenters. The molecule has 0 spiro atoms. The Morgan fingerprint density at radius 2 is 1.47 bits per heavy atom. The van der Waals surface area contributed by atoms with Crippen LogP contribution in [0.1, 0.15) is 43.5 Å². The fourth-order valence-electron chi connectivity index (χ4n) is 5.37. The van der Waals surface area contributed by atoms with E-state index >= 15 is 0 Å². The van der Waals surface area contributed by atoms with Crippen LogP contribution >= 0.6 is 0 Å². The van der Waals surface area contributed by atoms with Crippen molar-refractivity contribution >= 4 is 22.8 Å². The first kappa shape index (κ1) is 25.5. The van der Waals surface area contributed by atoms with Gasteiger partial charge < -0.3 is 14.6 Å². The van der Waals surface area contributed by atoms with Gasteiger partial charge in [0.05, 0.1) is 13.7 Å². The highest BCUT2D eigenvalue weighted by Crippen LogP contribution is 2.49. The van der Waals surface area contributed by atoms with E-state index < -0.39 is 29.3 Å². The van der Waals surface area contributed by atoms with Crippen molar-refractivity contribution < 1.29 is 24.2 Å². The normalized spacial score (nSPS) is 16.6. The second-order valence-electron chi connectivity index (χ2n) is 10.5. The van der Waals surface area contributed by atoms with E-state index in [9.17, 15) is 14.7 Å². The molecule has 0 aliphatic carbocycles. The van der Waals surface area contributed by atoms with Crippen LogP contribution in [0.25, 0.3) is 21.9 Å². The minimum Gasteiger partial charge on any atom is -0.467 e. The number of hydrogen-bond donors (Lipinski definition) is 1. The van der Waals surface area contributed by atoms with Gasteiger partial charge in [-0.1, -0.05) is 91.0 Å². The van der Waals surface area contributed by atoms with Crippen molar-refractivity contribution in [1.29, 1.82) is 0 Å². The first-order valence-corrected chi connectivity index (χ1v) is 12.6. The van der Waals surface area contributed by atoms with Crippen LogP contribution in [0.3, 0.4) is 0 Å². The molecule has 0 aromatic heterocycles. The van der Waals surface area contributed by atoms with Gasteiger partial charge in [0.2, 0.25) is 5.60 Å². The number of hydrogen-bond acceptors (Lipinski definition) is 5. The Labute approximate surface area is 222 Å². The van der Waals surface area contributed by atoms with Gasteiger partial charge in [0.25, 0.3) is 0 Å². The summed E-state index contributed by atoms with van der Waals surface area (Å²) in [5, 5.41) is 14.3. The average Bonchev–Trinajstić information content (AvgIpc) is 3.06. The summed E-state index contributed by atoms with van der Waals surface area (Å²) < 4.78 is 11.1. The average molecular weight is 510 g/mol. The molecule has 0 saturated heterocycles. The molecule has 4 aromatic carbocycles. The molecular formula is C32H31NO5. The molecule has 38 heavy (non-hydrogen) atoms. The highest BCUT2D eigenvalue weighted by atomic mass is 16.6. The van der Waals surface area contributed by atoms with Crippen LogP contribution in [0.4, 0.5) is 4.79 Å². The van der Waals surface area contributed by atoms with E-state index in [1.165, 1.54) is 12.0 Å². The van der Waals surface area contributed by atoms with Gasteiger partial charge >= 0.3 is 12.1 Å². The van der Waals surface area contributed by atoms with Gasteiger partial charge in [0.1, 0.15) is 11.6 Å². The SMILES string of the molecule is COC(=O)[C@@](O)(c1cccc2ccccc12)C1c2ccccc2-c2ccccc2CN1C(=O)OC(C)(C)C. The molecule has 1 amide bonds. The van der Waals surface area contributed by atoms with Gasteiger partial charge in [-0.25, -0.2) is 9.59 Å². The van der Waals surface area contributed by atoms with Crippen molar-refractivity contribution in [3.05, 3.63) is 108 Å². The zero-order valence-corrected chi connectivity index (χ0v) is 22.0. The number of benzene rings is 4. The predicted molar refractivity (Wildman–Crippen MR) is 146 cm³/mol. The zero-order chi connectivity index (χ0) is 27.1. The lowest BCUT2D eigenvalue weighted by atomic mass is 9.78. The smallest absolute Gasteiger partial charge is 0.411 e. The van der Waals surface area contributed by atoms with E-state index in [4.69, 9.17) is 9.47 Å². The second kappa shape index (κ2) is 9.62. The topological polar surface area (TPSA) is 76.1 Å².